The molecule has 0 spiro atoms. The summed E-state index contributed by atoms with van der Waals surface area (Å²) < 4.78 is 0. The number of nitrogens with one attached hydrogen (secondary N) is 1. The molecule has 0 amide bonds. The van der Waals surface area contributed by atoms with Crippen LogP contribution in [0.4, 0.5) is 0 Å². The smallest absolute Gasteiger partial charge is 0.0393 e. The van der Waals surface area contributed by atoms with Gasteiger partial charge in [0.25, 0.3) is 0 Å². The van der Waals surface area contributed by atoms with E-state index in [1.807, 2.05) is 13.0 Å². The van der Waals surface area contributed by atoms with Gasteiger partial charge in [0.1, 0.15) is 0 Å². The maximum absolute atomic E-state index is 8.85. The van der Waals surface area contributed by atoms with Crippen molar-refractivity contribution >= 4 is 0 Å². The predicted octanol–water partition coefficient (Wildman–Crippen LogP) is 1.52. The second kappa shape index (κ2) is 4.44. The summed E-state index contributed by atoms with van der Waals surface area (Å²) >= 11 is 0. The Morgan fingerprint density at radius 2 is 2.46 bits per heavy atom. The van der Waals surface area contributed by atoms with Crippen LogP contribution in [0.25, 0.3) is 0 Å². The van der Waals surface area contributed by atoms with Crippen molar-refractivity contribution in [1.82, 2.24) is 10.4 Å². The fourth-order valence-corrected chi connectivity index (χ4v) is 1.71. The molecule has 74 valence electrons. The molecule has 1 atom stereocenters. The highest BCUT2D eigenvalue weighted by molar-refractivity contribution is 5.16. The van der Waals surface area contributed by atoms with Crippen LogP contribution in [0.1, 0.15) is 20.3 Å². The summed E-state index contributed by atoms with van der Waals surface area (Å²) in [7, 11) is 0. The van der Waals surface area contributed by atoms with Crippen molar-refractivity contribution < 1.29 is 5.21 Å². The Bertz CT molecular complexity index is 223. The third-order valence-electron chi connectivity index (χ3n) is 2.58. The fraction of sp³-hybridized carbons (Fsp3) is 0.600. The molecule has 1 rings (SSSR count). The summed E-state index contributed by atoms with van der Waals surface area (Å²) in [5.41, 5.74) is 4.45. The lowest BCUT2D eigenvalue weighted by molar-refractivity contribution is 0.163. The Labute approximate surface area is 79.7 Å². The third kappa shape index (κ3) is 2.32. The van der Waals surface area contributed by atoms with Gasteiger partial charge in [-0.15, -0.1) is 6.58 Å². The van der Waals surface area contributed by atoms with E-state index in [1.54, 1.807) is 0 Å². The van der Waals surface area contributed by atoms with E-state index in [-0.39, 0.29) is 0 Å². The third-order valence-corrected chi connectivity index (χ3v) is 2.58. The van der Waals surface area contributed by atoms with Crippen molar-refractivity contribution in [2.75, 3.05) is 13.1 Å². The monoisotopic (exact) mass is 182 g/mol. The first kappa shape index (κ1) is 10.3. The minimum absolute atomic E-state index is 0.469. The number of rotatable bonds is 3. The first-order valence-corrected chi connectivity index (χ1v) is 4.62. The van der Waals surface area contributed by atoms with Gasteiger partial charge in [-0.25, -0.2) is 0 Å². The average molecular weight is 182 g/mol. The Kier molecular flexibility index (Phi) is 3.51. The molecule has 0 fully saturated rings. The van der Waals surface area contributed by atoms with Crippen LogP contribution >= 0.6 is 0 Å². The molecule has 0 saturated heterocycles. The molecule has 2 N–H and O–H groups in total. The van der Waals surface area contributed by atoms with E-state index < -0.39 is 0 Å². The Balaban J connectivity index is 2.67. The first-order valence-electron chi connectivity index (χ1n) is 4.62. The van der Waals surface area contributed by atoms with E-state index in [4.69, 9.17) is 5.21 Å². The topological polar surface area (TPSA) is 35.5 Å². The molecule has 0 unspecified atom stereocenters. The van der Waals surface area contributed by atoms with Gasteiger partial charge >= 0.3 is 0 Å². The molecule has 0 aromatic rings. The molecule has 1 heterocycles. The highest BCUT2D eigenvalue weighted by Gasteiger charge is 2.21. The summed E-state index contributed by atoms with van der Waals surface area (Å²) in [5, 5.41) is 8.85. The molecular formula is C10H18N2O. The predicted molar refractivity (Wildman–Crippen MR) is 53.5 cm³/mol. The van der Waals surface area contributed by atoms with Gasteiger partial charge in [0.15, 0.2) is 0 Å². The molecule has 0 saturated carbocycles. The fourth-order valence-electron chi connectivity index (χ4n) is 1.71. The molecule has 1 aliphatic rings. The normalized spacial score (nSPS) is 24.7. The van der Waals surface area contributed by atoms with Crippen molar-refractivity contribution in [1.29, 1.82) is 0 Å². The molecule has 1 aliphatic heterocycles. The van der Waals surface area contributed by atoms with E-state index >= 15 is 0 Å². The van der Waals surface area contributed by atoms with E-state index in [0.29, 0.717) is 6.04 Å². The lowest BCUT2D eigenvalue weighted by Crippen LogP contribution is -2.40. The molecular weight excluding hydrogens is 164 g/mol. The van der Waals surface area contributed by atoms with Crippen molar-refractivity contribution in [3.05, 3.63) is 23.9 Å². The van der Waals surface area contributed by atoms with Gasteiger partial charge in [0.2, 0.25) is 0 Å². The minimum Gasteiger partial charge on any atom is -0.293 e. The number of nitrogens with zero attached hydrogens (tertiary/aromatic N) is 1. The minimum atomic E-state index is 0.469. The standard InChI is InChI=1S/C10H18N2O/c1-4-5-12-7-8(2)10(11-13)6-9(12)3/h4,9,11,13H,1,5-7H2,2-3H3/t9-/m1/s1. The van der Waals surface area contributed by atoms with E-state index in [0.717, 1.165) is 25.2 Å². The summed E-state index contributed by atoms with van der Waals surface area (Å²) in [6, 6.07) is 0.469. The highest BCUT2D eigenvalue weighted by Crippen LogP contribution is 2.20. The molecule has 0 aromatic carbocycles. The molecule has 0 aromatic heterocycles. The molecule has 0 bridgehead atoms. The number of hydrogen-bond donors (Lipinski definition) is 2. The van der Waals surface area contributed by atoms with Crippen LogP contribution in [0, 0.1) is 0 Å². The lowest BCUT2D eigenvalue weighted by Gasteiger charge is -2.34. The Morgan fingerprint density at radius 1 is 1.77 bits per heavy atom. The number of hydroxylamine groups is 1. The van der Waals surface area contributed by atoms with E-state index in [2.05, 4.69) is 23.9 Å². The highest BCUT2D eigenvalue weighted by atomic mass is 16.5. The van der Waals surface area contributed by atoms with Crippen molar-refractivity contribution in [3.8, 4) is 0 Å². The largest absolute Gasteiger partial charge is 0.293 e. The van der Waals surface area contributed by atoms with Gasteiger partial charge in [0.05, 0.1) is 0 Å². The second-order valence-electron chi connectivity index (χ2n) is 3.64. The zero-order valence-corrected chi connectivity index (χ0v) is 8.38. The maximum atomic E-state index is 8.85. The quantitative estimate of drug-likeness (QED) is 0.513. The van der Waals surface area contributed by atoms with Gasteiger partial charge in [0, 0.05) is 31.2 Å². The SMILES string of the molecule is C=CCN1CC(C)=C(NO)C[C@H]1C. The summed E-state index contributed by atoms with van der Waals surface area (Å²) in [5.74, 6) is 0. The van der Waals surface area contributed by atoms with Crippen LogP contribution in [-0.4, -0.2) is 29.2 Å². The summed E-state index contributed by atoms with van der Waals surface area (Å²) in [6.07, 6.45) is 2.80. The van der Waals surface area contributed by atoms with E-state index in [1.165, 1.54) is 5.57 Å². The van der Waals surface area contributed by atoms with Gasteiger partial charge < -0.3 is 0 Å². The zero-order chi connectivity index (χ0) is 9.84. The van der Waals surface area contributed by atoms with Gasteiger partial charge in [-0.2, -0.15) is 0 Å². The summed E-state index contributed by atoms with van der Waals surface area (Å²) in [6.45, 7) is 9.76. The number of hydrogen-bond acceptors (Lipinski definition) is 3. The molecule has 0 radical (unpaired) electrons. The van der Waals surface area contributed by atoms with Crippen LogP contribution in [0.3, 0.4) is 0 Å². The molecule has 3 heteroatoms. The molecule has 13 heavy (non-hydrogen) atoms. The van der Waals surface area contributed by atoms with Gasteiger partial charge in [-0.05, 0) is 19.4 Å². The Morgan fingerprint density at radius 3 is 3.00 bits per heavy atom. The molecule has 0 aliphatic carbocycles. The maximum Gasteiger partial charge on any atom is 0.0393 e. The van der Waals surface area contributed by atoms with Crippen LogP contribution in [0.2, 0.25) is 0 Å². The van der Waals surface area contributed by atoms with Gasteiger partial charge in [-0.1, -0.05) is 6.08 Å². The van der Waals surface area contributed by atoms with Crippen LogP contribution in [-0.2, 0) is 0 Å². The second-order valence-corrected chi connectivity index (χ2v) is 3.64. The van der Waals surface area contributed by atoms with E-state index in [9.17, 15) is 0 Å². The van der Waals surface area contributed by atoms with Crippen molar-refractivity contribution in [2.24, 2.45) is 0 Å². The average Bonchev–Trinajstić information content (AvgIpc) is 2.11. The van der Waals surface area contributed by atoms with Crippen LogP contribution in [0.5, 0.6) is 0 Å². The summed E-state index contributed by atoms with van der Waals surface area (Å²) in [4.78, 5) is 2.34. The van der Waals surface area contributed by atoms with Crippen molar-refractivity contribution in [2.45, 2.75) is 26.3 Å². The Hall–Kier alpha value is -0.800. The first-order chi connectivity index (χ1) is 6.19. The van der Waals surface area contributed by atoms with Crippen LogP contribution < -0.4 is 5.48 Å². The molecule has 3 nitrogen and oxygen atoms in total. The lowest BCUT2D eigenvalue weighted by atomic mass is 10.0. The zero-order valence-electron chi connectivity index (χ0n) is 8.38. The van der Waals surface area contributed by atoms with Crippen LogP contribution in [0.15, 0.2) is 23.9 Å². The van der Waals surface area contributed by atoms with Crippen molar-refractivity contribution in [3.63, 3.8) is 0 Å². The van der Waals surface area contributed by atoms with Gasteiger partial charge in [-0.3, -0.25) is 15.6 Å².